The van der Waals surface area contributed by atoms with Crippen LogP contribution in [-0.4, -0.2) is 23.7 Å². The van der Waals surface area contributed by atoms with Gasteiger partial charge in [-0.15, -0.1) is 0 Å². The highest BCUT2D eigenvalue weighted by Crippen LogP contribution is 1.97. The second kappa shape index (κ2) is 5.18. The SMILES string of the molecule is NS(=O)[O-].Nc1nc(N)nc(N)n1. The Hall–Kier alpha value is -1.52. The fraction of sp³-hybridized carbons (Fsp3) is 0. The fourth-order valence-corrected chi connectivity index (χ4v) is 0.427. The van der Waals surface area contributed by atoms with Crippen LogP contribution in [0.1, 0.15) is 0 Å². The van der Waals surface area contributed by atoms with E-state index in [9.17, 15) is 0 Å². The number of aromatic nitrogens is 3. The van der Waals surface area contributed by atoms with Crippen molar-refractivity contribution in [1.82, 2.24) is 15.0 Å². The highest BCUT2D eigenvalue weighted by molar-refractivity contribution is 7.76. The minimum atomic E-state index is -2.36. The van der Waals surface area contributed by atoms with Gasteiger partial charge in [0.05, 0.1) is 0 Å². The summed E-state index contributed by atoms with van der Waals surface area (Å²) in [5, 5.41) is 4.03. The summed E-state index contributed by atoms with van der Waals surface area (Å²) in [5.41, 5.74) is 15.4. The van der Waals surface area contributed by atoms with Gasteiger partial charge in [0.2, 0.25) is 17.8 Å². The van der Waals surface area contributed by atoms with Crippen molar-refractivity contribution >= 4 is 29.1 Å². The summed E-state index contributed by atoms with van der Waals surface area (Å²) < 4.78 is 17.6. The number of nitrogens with zero attached hydrogens (tertiary/aromatic N) is 3. The molecule has 0 aliphatic heterocycles. The van der Waals surface area contributed by atoms with Gasteiger partial charge < -0.3 is 21.8 Å². The maximum absolute atomic E-state index is 8.78. The molecule has 0 bridgehead atoms. The van der Waals surface area contributed by atoms with Crippen molar-refractivity contribution in [2.45, 2.75) is 0 Å². The van der Waals surface area contributed by atoms with Gasteiger partial charge in [-0.2, -0.15) is 15.0 Å². The summed E-state index contributed by atoms with van der Waals surface area (Å²) >= 11 is -2.36. The molecule has 1 unspecified atom stereocenters. The second-order valence-electron chi connectivity index (χ2n) is 1.67. The van der Waals surface area contributed by atoms with Crippen molar-refractivity contribution in [1.29, 1.82) is 0 Å². The second-order valence-corrected chi connectivity index (χ2v) is 2.19. The number of nitrogen functional groups attached to an aromatic ring is 3. The zero-order valence-electron chi connectivity index (χ0n) is 6.38. The Labute approximate surface area is 76.0 Å². The molecule has 0 aromatic carbocycles. The molecule has 1 aromatic heterocycles. The molecule has 1 aromatic rings. The van der Waals surface area contributed by atoms with E-state index in [-0.39, 0.29) is 17.8 Å². The maximum Gasteiger partial charge on any atom is 0.226 e. The lowest BCUT2D eigenvalue weighted by molar-refractivity contribution is 0.539. The molecule has 0 aliphatic rings. The van der Waals surface area contributed by atoms with Crippen LogP contribution in [0.5, 0.6) is 0 Å². The summed E-state index contributed by atoms with van der Waals surface area (Å²) in [4.78, 5) is 10.5. The first kappa shape index (κ1) is 11.5. The van der Waals surface area contributed by atoms with E-state index >= 15 is 0 Å². The highest BCUT2D eigenvalue weighted by Gasteiger charge is 1.93. The molecule has 10 heteroatoms. The molecule has 0 spiro atoms. The van der Waals surface area contributed by atoms with E-state index in [0.29, 0.717) is 0 Å². The number of nitrogens with two attached hydrogens (primary N) is 4. The Balaban J connectivity index is 0.000000310. The summed E-state index contributed by atoms with van der Waals surface area (Å²) in [6.07, 6.45) is 0. The van der Waals surface area contributed by atoms with E-state index < -0.39 is 11.3 Å². The number of anilines is 3. The quantitative estimate of drug-likeness (QED) is 0.332. The normalized spacial score (nSPS) is 11.2. The molecule has 9 nitrogen and oxygen atoms in total. The van der Waals surface area contributed by atoms with Crippen LogP contribution in [0.4, 0.5) is 17.8 Å². The van der Waals surface area contributed by atoms with Crippen molar-refractivity contribution in [2.24, 2.45) is 5.14 Å². The molecular formula is C3H8N7O2S-. The first-order chi connectivity index (χ1) is 5.91. The van der Waals surface area contributed by atoms with Gasteiger partial charge in [-0.05, 0) is 0 Å². The van der Waals surface area contributed by atoms with E-state index in [1.807, 2.05) is 0 Å². The van der Waals surface area contributed by atoms with Gasteiger partial charge >= 0.3 is 0 Å². The lowest BCUT2D eigenvalue weighted by Gasteiger charge is -1.93. The van der Waals surface area contributed by atoms with Crippen LogP contribution in [0.2, 0.25) is 0 Å². The lowest BCUT2D eigenvalue weighted by atomic mass is 10.9. The first-order valence-electron chi connectivity index (χ1n) is 2.78. The van der Waals surface area contributed by atoms with Crippen LogP contribution in [0.15, 0.2) is 0 Å². The molecule has 0 saturated heterocycles. The number of rotatable bonds is 0. The molecule has 0 fully saturated rings. The summed E-state index contributed by atoms with van der Waals surface area (Å²) in [6.45, 7) is 0. The van der Waals surface area contributed by atoms with Crippen LogP contribution >= 0.6 is 0 Å². The van der Waals surface area contributed by atoms with Gasteiger partial charge in [0.25, 0.3) is 0 Å². The van der Waals surface area contributed by atoms with E-state index in [1.54, 1.807) is 0 Å². The van der Waals surface area contributed by atoms with Crippen LogP contribution in [0.25, 0.3) is 0 Å². The van der Waals surface area contributed by atoms with Gasteiger partial charge in [0, 0.05) is 11.3 Å². The molecule has 1 atom stereocenters. The fourth-order valence-electron chi connectivity index (χ4n) is 0.427. The van der Waals surface area contributed by atoms with Gasteiger partial charge in [0.15, 0.2) is 0 Å². The monoisotopic (exact) mass is 206 g/mol. The largest absolute Gasteiger partial charge is 0.760 e. The van der Waals surface area contributed by atoms with E-state index in [0.717, 1.165) is 0 Å². The summed E-state index contributed by atoms with van der Waals surface area (Å²) in [6, 6.07) is 0. The highest BCUT2D eigenvalue weighted by atomic mass is 32.2. The van der Waals surface area contributed by atoms with Crippen LogP contribution in [0, 0.1) is 0 Å². The van der Waals surface area contributed by atoms with E-state index in [2.05, 4.69) is 20.1 Å². The Bertz CT molecular complexity index is 249. The number of hydrogen-bond acceptors (Lipinski definition) is 8. The molecule has 0 amide bonds. The van der Waals surface area contributed by atoms with Crippen molar-refractivity contribution in [3.63, 3.8) is 0 Å². The molecule has 1 rings (SSSR count). The molecule has 0 radical (unpaired) electrons. The molecule has 74 valence electrons. The van der Waals surface area contributed by atoms with Crippen LogP contribution in [0.3, 0.4) is 0 Å². The average molecular weight is 206 g/mol. The molecule has 13 heavy (non-hydrogen) atoms. The first-order valence-corrected chi connectivity index (χ1v) is 3.91. The van der Waals surface area contributed by atoms with Crippen molar-refractivity contribution in [3.05, 3.63) is 0 Å². The third kappa shape index (κ3) is 6.86. The molecule has 0 saturated carbocycles. The van der Waals surface area contributed by atoms with E-state index in [4.69, 9.17) is 26.0 Å². The minimum absolute atomic E-state index is 0.0417. The summed E-state index contributed by atoms with van der Waals surface area (Å²) in [7, 11) is 0. The van der Waals surface area contributed by atoms with Gasteiger partial charge in [-0.1, -0.05) is 0 Å². The van der Waals surface area contributed by atoms with Crippen molar-refractivity contribution in [3.8, 4) is 0 Å². The van der Waals surface area contributed by atoms with Crippen LogP contribution < -0.4 is 22.3 Å². The van der Waals surface area contributed by atoms with E-state index in [1.165, 1.54) is 0 Å². The zero-order chi connectivity index (χ0) is 10.4. The van der Waals surface area contributed by atoms with Crippen molar-refractivity contribution < 1.29 is 8.76 Å². The zero-order valence-corrected chi connectivity index (χ0v) is 7.19. The van der Waals surface area contributed by atoms with Gasteiger partial charge in [0.1, 0.15) is 0 Å². The van der Waals surface area contributed by atoms with Gasteiger partial charge in [-0.25, -0.2) is 0 Å². The minimum Gasteiger partial charge on any atom is -0.760 e. The van der Waals surface area contributed by atoms with Crippen molar-refractivity contribution in [2.75, 3.05) is 17.2 Å². The maximum atomic E-state index is 8.78. The topological polar surface area (TPSA) is 183 Å². The Morgan fingerprint density at radius 2 is 1.15 bits per heavy atom. The smallest absolute Gasteiger partial charge is 0.226 e. The summed E-state index contributed by atoms with van der Waals surface area (Å²) in [5.74, 6) is 0.125. The predicted octanol–water partition coefficient (Wildman–Crippen LogP) is -2.64. The van der Waals surface area contributed by atoms with Gasteiger partial charge in [-0.3, -0.25) is 9.35 Å². The molecule has 1 heterocycles. The Morgan fingerprint density at radius 1 is 1.00 bits per heavy atom. The third-order valence-corrected chi connectivity index (χ3v) is 0.687. The molecular weight excluding hydrogens is 198 g/mol. The Morgan fingerprint density at radius 3 is 1.31 bits per heavy atom. The average Bonchev–Trinajstić information content (AvgIpc) is 1.80. The molecule has 8 N–H and O–H groups in total. The van der Waals surface area contributed by atoms with Crippen LogP contribution in [-0.2, 0) is 11.3 Å². The standard InChI is InChI=1S/C3H6N6.H3NO2S/c4-1-7-2(5)9-3(6)8-1;1-4(2)3/h(H6,4,5,6,7,8,9);1H2,(H,2,3)/p-1. The number of hydrogen-bond donors (Lipinski definition) is 4. The molecule has 0 aliphatic carbocycles. The Kier molecular flexibility index (Phi) is 4.58. The lowest BCUT2D eigenvalue weighted by Crippen LogP contribution is -2.05. The third-order valence-electron chi connectivity index (χ3n) is 0.687. The predicted molar refractivity (Wildman–Crippen MR) is 46.2 cm³/mol.